The largest absolute Gasteiger partial charge is 0.573 e. The molecule has 13 heteroatoms. The van der Waals surface area contributed by atoms with E-state index in [1.54, 1.807) is 0 Å². The number of ether oxygens (including phenoxy) is 1. The van der Waals surface area contributed by atoms with Gasteiger partial charge in [0, 0.05) is 17.8 Å². The molecular weight excluding hydrogens is 483 g/mol. The maximum absolute atomic E-state index is 15.6. The van der Waals surface area contributed by atoms with Gasteiger partial charge in [-0.15, -0.1) is 18.3 Å². The van der Waals surface area contributed by atoms with E-state index in [4.69, 9.17) is 0 Å². The number of benzene rings is 2. The van der Waals surface area contributed by atoms with Gasteiger partial charge in [-0.25, -0.2) is 13.5 Å². The Morgan fingerprint density at radius 3 is 2.17 bits per heavy atom. The van der Waals surface area contributed by atoms with Crippen molar-refractivity contribution in [2.45, 2.75) is 24.7 Å². The van der Waals surface area contributed by atoms with Gasteiger partial charge < -0.3 is 4.74 Å². The van der Waals surface area contributed by atoms with Gasteiger partial charge in [-0.3, -0.25) is 4.98 Å². The van der Waals surface area contributed by atoms with Crippen molar-refractivity contribution in [2.24, 2.45) is 0 Å². The number of aromatic nitrogens is 5. The molecular formula is C22H14F7N5O. The maximum Gasteiger partial charge on any atom is 0.573 e. The van der Waals surface area contributed by atoms with Crippen LogP contribution in [0.3, 0.4) is 0 Å². The number of nitrogens with zero attached hydrogens (tertiary/aromatic N) is 5. The molecule has 0 aliphatic rings. The molecule has 2 aromatic carbocycles. The van der Waals surface area contributed by atoms with E-state index < -0.39 is 53.4 Å². The van der Waals surface area contributed by atoms with Gasteiger partial charge in [0.1, 0.15) is 29.4 Å². The fourth-order valence-electron chi connectivity index (χ4n) is 3.43. The summed E-state index contributed by atoms with van der Waals surface area (Å²) in [7, 11) is 0. The number of rotatable bonds is 7. The topological polar surface area (TPSA) is 65.7 Å². The second kappa shape index (κ2) is 9.31. The molecule has 0 saturated carbocycles. The van der Waals surface area contributed by atoms with Crippen molar-refractivity contribution in [1.82, 2.24) is 25.2 Å². The van der Waals surface area contributed by atoms with Crippen LogP contribution >= 0.6 is 0 Å². The summed E-state index contributed by atoms with van der Waals surface area (Å²) in [4.78, 5) is 3.81. The second-order valence-electron chi connectivity index (χ2n) is 7.38. The van der Waals surface area contributed by atoms with Gasteiger partial charge in [0.2, 0.25) is 0 Å². The van der Waals surface area contributed by atoms with E-state index in [9.17, 15) is 22.0 Å². The number of halogens is 7. The third-order valence-electron chi connectivity index (χ3n) is 5.06. The minimum Gasteiger partial charge on any atom is -0.406 e. The van der Waals surface area contributed by atoms with Gasteiger partial charge in [-0.05, 0) is 45.8 Å². The van der Waals surface area contributed by atoms with Crippen LogP contribution in [-0.4, -0.2) is 31.6 Å². The van der Waals surface area contributed by atoms with Crippen LogP contribution in [0.15, 0.2) is 67.1 Å². The van der Waals surface area contributed by atoms with Crippen molar-refractivity contribution in [3.63, 3.8) is 0 Å². The molecule has 0 saturated heterocycles. The summed E-state index contributed by atoms with van der Waals surface area (Å²) < 4.78 is 101. The smallest absolute Gasteiger partial charge is 0.406 e. The summed E-state index contributed by atoms with van der Waals surface area (Å²) in [5.74, 6) is -8.12. The van der Waals surface area contributed by atoms with Gasteiger partial charge in [0.25, 0.3) is 5.92 Å². The Morgan fingerprint density at radius 2 is 1.60 bits per heavy atom. The Bertz CT molecular complexity index is 1280. The molecule has 35 heavy (non-hydrogen) atoms. The van der Waals surface area contributed by atoms with E-state index in [1.165, 1.54) is 18.2 Å². The Balaban J connectivity index is 1.63. The van der Waals surface area contributed by atoms with Crippen molar-refractivity contribution in [2.75, 3.05) is 0 Å². The van der Waals surface area contributed by atoms with E-state index in [2.05, 4.69) is 25.2 Å². The highest BCUT2D eigenvalue weighted by atomic mass is 19.4. The predicted molar refractivity (Wildman–Crippen MR) is 107 cm³/mol. The molecule has 0 bridgehead atoms. The summed E-state index contributed by atoms with van der Waals surface area (Å²) in [5, 5.41) is 10.3. The average molecular weight is 497 g/mol. The predicted octanol–water partition coefficient (Wildman–Crippen LogP) is 5.49. The lowest BCUT2D eigenvalue weighted by molar-refractivity contribution is -0.274. The number of alkyl halides is 5. The summed E-state index contributed by atoms with van der Waals surface area (Å²) in [6.45, 7) is -0.535. The molecule has 4 aromatic rings. The zero-order valence-electron chi connectivity index (χ0n) is 17.4. The van der Waals surface area contributed by atoms with Crippen molar-refractivity contribution >= 4 is 0 Å². The fraction of sp³-hybridized carbons (Fsp3) is 0.182. The minimum absolute atomic E-state index is 0.341. The molecule has 2 aromatic heterocycles. The summed E-state index contributed by atoms with van der Waals surface area (Å²) in [6, 6.07) is 9.37. The van der Waals surface area contributed by atoms with Crippen molar-refractivity contribution in [1.29, 1.82) is 0 Å². The van der Waals surface area contributed by atoms with E-state index >= 15 is 8.78 Å². The van der Waals surface area contributed by atoms with Gasteiger partial charge in [0.15, 0.2) is 0 Å². The standard InChI is InChI=1S/C22H14F7N5O/c23-15-4-7-17(19(24)9-15)18(11-34-12-31-32-33-34)21(25,26)20-8-3-14(10-30-20)13-1-5-16(6-2-13)35-22(27,28)29/h1-10,12,18H,11H2/t18-/m1/s1. The zero-order valence-corrected chi connectivity index (χ0v) is 17.4. The number of hydrogen-bond donors (Lipinski definition) is 0. The lowest BCUT2D eigenvalue weighted by Crippen LogP contribution is -2.30. The first kappa shape index (κ1) is 24.1. The molecule has 6 nitrogen and oxygen atoms in total. The molecule has 0 N–H and O–H groups in total. The maximum atomic E-state index is 15.6. The summed E-state index contributed by atoms with van der Waals surface area (Å²) >= 11 is 0. The average Bonchev–Trinajstić information content (AvgIpc) is 3.31. The van der Waals surface area contributed by atoms with Crippen LogP contribution in [0.5, 0.6) is 5.75 Å². The zero-order chi connectivity index (χ0) is 25.2. The monoisotopic (exact) mass is 497 g/mol. The Hall–Kier alpha value is -4.03. The number of hydrogen-bond acceptors (Lipinski definition) is 5. The third kappa shape index (κ3) is 5.55. The van der Waals surface area contributed by atoms with Crippen LogP contribution in [0.4, 0.5) is 30.7 Å². The number of pyridine rings is 1. The van der Waals surface area contributed by atoms with E-state index in [0.29, 0.717) is 17.2 Å². The van der Waals surface area contributed by atoms with Crippen LogP contribution in [0.2, 0.25) is 0 Å². The normalized spacial score (nSPS) is 13.0. The molecule has 0 unspecified atom stereocenters. The molecule has 0 amide bonds. The van der Waals surface area contributed by atoms with E-state index in [0.717, 1.165) is 47.5 Å². The summed E-state index contributed by atoms with van der Waals surface area (Å²) in [6.07, 6.45) is -2.66. The number of tetrazole rings is 1. The SMILES string of the molecule is Fc1ccc([C@@H](Cn2cnnn2)C(F)(F)c2ccc(-c3ccc(OC(F)(F)F)cc3)cn2)c(F)c1. The quantitative estimate of drug-likeness (QED) is 0.316. The lowest BCUT2D eigenvalue weighted by Gasteiger charge is -2.27. The molecule has 4 rings (SSSR count). The highest BCUT2D eigenvalue weighted by Crippen LogP contribution is 2.43. The third-order valence-corrected chi connectivity index (χ3v) is 5.06. The van der Waals surface area contributed by atoms with Crippen LogP contribution in [0, 0.1) is 11.6 Å². The molecule has 0 aliphatic heterocycles. The Morgan fingerprint density at radius 1 is 0.886 bits per heavy atom. The van der Waals surface area contributed by atoms with Gasteiger partial charge >= 0.3 is 6.36 Å². The van der Waals surface area contributed by atoms with Gasteiger partial charge in [-0.2, -0.15) is 8.78 Å². The molecule has 0 aliphatic carbocycles. The van der Waals surface area contributed by atoms with Crippen LogP contribution in [0.25, 0.3) is 11.1 Å². The fourth-order valence-corrected chi connectivity index (χ4v) is 3.43. The van der Waals surface area contributed by atoms with E-state index in [-0.39, 0.29) is 0 Å². The van der Waals surface area contributed by atoms with Crippen LogP contribution in [0.1, 0.15) is 17.2 Å². The van der Waals surface area contributed by atoms with Crippen LogP contribution in [-0.2, 0) is 12.5 Å². The first-order valence-corrected chi connectivity index (χ1v) is 9.89. The first-order valence-electron chi connectivity index (χ1n) is 9.89. The molecule has 2 heterocycles. The molecule has 0 fully saturated rings. The Labute approximate surface area is 193 Å². The minimum atomic E-state index is -4.85. The van der Waals surface area contributed by atoms with Gasteiger partial charge in [-0.1, -0.05) is 24.3 Å². The van der Waals surface area contributed by atoms with Gasteiger partial charge in [0.05, 0.1) is 12.5 Å². The van der Waals surface area contributed by atoms with Crippen LogP contribution < -0.4 is 4.74 Å². The van der Waals surface area contributed by atoms with Crippen molar-refractivity contribution < 1.29 is 35.5 Å². The lowest BCUT2D eigenvalue weighted by atomic mass is 9.89. The highest BCUT2D eigenvalue weighted by molar-refractivity contribution is 5.63. The molecule has 182 valence electrons. The summed E-state index contributed by atoms with van der Waals surface area (Å²) in [5.41, 5.74) is -0.428. The Kier molecular flexibility index (Phi) is 6.41. The van der Waals surface area contributed by atoms with Crippen molar-refractivity contribution in [3.05, 3.63) is 90.0 Å². The highest BCUT2D eigenvalue weighted by Gasteiger charge is 2.45. The van der Waals surface area contributed by atoms with Crippen molar-refractivity contribution in [3.8, 4) is 16.9 Å². The molecule has 1 atom stereocenters. The van der Waals surface area contributed by atoms with E-state index in [1.807, 2.05) is 0 Å². The molecule has 0 radical (unpaired) electrons. The first-order chi connectivity index (χ1) is 16.5. The molecule has 0 spiro atoms. The second-order valence-corrected chi connectivity index (χ2v) is 7.38.